The molecule has 0 aliphatic carbocycles. The summed E-state index contributed by atoms with van der Waals surface area (Å²) < 4.78 is 41.3. The highest BCUT2D eigenvalue weighted by Gasteiger charge is 2.28. The first kappa shape index (κ1) is 20.0. The summed E-state index contributed by atoms with van der Waals surface area (Å²) in [6, 6.07) is 3.17. The summed E-state index contributed by atoms with van der Waals surface area (Å²) in [7, 11) is 3.55. The average Bonchev–Trinajstić information content (AvgIpc) is 2.98. The molecule has 6 nitrogen and oxygen atoms in total. The van der Waals surface area contributed by atoms with Gasteiger partial charge in [-0.2, -0.15) is 13.2 Å². The van der Waals surface area contributed by atoms with Gasteiger partial charge < -0.3 is 15.0 Å². The monoisotopic (exact) mass is 387 g/mol. The molecule has 1 N–H and O–H groups in total. The molecular weight excluding hydrogens is 367 g/mol. The first-order valence-electron chi connectivity index (χ1n) is 7.74. The summed E-state index contributed by atoms with van der Waals surface area (Å²) >= 11 is 1.58. The van der Waals surface area contributed by atoms with Gasteiger partial charge >= 0.3 is 6.18 Å². The molecular formula is C16H20F3N5OS. The number of alkyl halides is 3. The summed E-state index contributed by atoms with van der Waals surface area (Å²) in [6.07, 6.45) is -2.98. The molecule has 0 atom stereocenters. The zero-order valence-electron chi connectivity index (χ0n) is 14.7. The number of rotatable bonds is 6. The van der Waals surface area contributed by atoms with Gasteiger partial charge in [-0.3, -0.25) is 4.99 Å². The van der Waals surface area contributed by atoms with Crippen molar-refractivity contribution in [3.05, 3.63) is 40.0 Å². The van der Waals surface area contributed by atoms with Crippen molar-refractivity contribution in [1.29, 1.82) is 0 Å². The van der Waals surface area contributed by atoms with Crippen LogP contribution in [0.1, 0.15) is 16.3 Å². The second-order valence-corrected chi connectivity index (χ2v) is 6.58. The minimum Gasteiger partial charge on any atom is -0.468 e. The summed E-state index contributed by atoms with van der Waals surface area (Å²) in [4.78, 5) is 14.3. The van der Waals surface area contributed by atoms with E-state index in [2.05, 4.69) is 25.0 Å². The Balaban J connectivity index is 1.91. The van der Waals surface area contributed by atoms with Gasteiger partial charge in [0.05, 0.1) is 17.2 Å². The number of aromatic nitrogens is 2. The Morgan fingerprint density at radius 3 is 2.81 bits per heavy atom. The third-order valence-corrected chi connectivity index (χ3v) is 4.10. The van der Waals surface area contributed by atoms with E-state index in [1.165, 1.54) is 12.3 Å². The van der Waals surface area contributed by atoms with Crippen molar-refractivity contribution in [3.8, 4) is 5.88 Å². The number of nitrogens with zero attached hydrogens (tertiary/aromatic N) is 4. The maximum absolute atomic E-state index is 12.2. The molecule has 0 aromatic carbocycles. The van der Waals surface area contributed by atoms with Gasteiger partial charge in [-0.15, -0.1) is 11.3 Å². The Bertz CT molecular complexity index is 747. The van der Waals surface area contributed by atoms with Crippen LogP contribution in [0.4, 0.5) is 13.2 Å². The maximum Gasteiger partial charge on any atom is 0.422 e. The molecule has 2 heterocycles. The van der Waals surface area contributed by atoms with E-state index in [9.17, 15) is 13.2 Å². The highest BCUT2D eigenvalue weighted by atomic mass is 32.1. The van der Waals surface area contributed by atoms with E-state index < -0.39 is 12.8 Å². The molecule has 0 unspecified atom stereocenters. The van der Waals surface area contributed by atoms with Crippen LogP contribution >= 0.6 is 11.3 Å². The highest BCUT2D eigenvalue weighted by Crippen LogP contribution is 2.17. The average molecular weight is 387 g/mol. The minimum atomic E-state index is -4.39. The van der Waals surface area contributed by atoms with Crippen LogP contribution in [-0.2, 0) is 13.1 Å². The Morgan fingerprint density at radius 1 is 1.42 bits per heavy atom. The zero-order chi connectivity index (χ0) is 19.2. The Kier molecular flexibility index (Phi) is 6.78. The molecule has 142 valence electrons. The molecule has 0 fully saturated rings. The van der Waals surface area contributed by atoms with Crippen LogP contribution in [0.3, 0.4) is 0 Å². The maximum atomic E-state index is 12.2. The number of guanidine groups is 1. The SMILES string of the molecule is CN=C(NCc1ccnc(OCC(F)(F)F)c1)N(C)Cc1csc(C)n1. The lowest BCUT2D eigenvalue weighted by atomic mass is 10.2. The molecule has 0 saturated carbocycles. The summed E-state index contributed by atoms with van der Waals surface area (Å²) in [5.74, 6) is 0.577. The second kappa shape index (κ2) is 8.84. The van der Waals surface area contributed by atoms with Crippen molar-refractivity contribution in [2.45, 2.75) is 26.2 Å². The summed E-state index contributed by atoms with van der Waals surface area (Å²) in [5.41, 5.74) is 1.68. The normalized spacial score (nSPS) is 12.2. The molecule has 0 saturated heterocycles. The van der Waals surface area contributed by atoms with Gasteiger partial charge in [0, 0.05) is 38.3 Å². The zero-order valence-corrected chi connectivity index (χ0v) is 15.5. The molecule has 0 aliphatic heterocycles. The van der Waals surface area contributed by atoms with Gasteiger partial charge in [0.2, 0.25) is 5.88 Å². The second-order valence-electron chi connectivity index (χ2n) is 5.52. The molecule has 0 aliphatic rings. The fraction of sp³-hybridized carbons (Fsp3) is 0.438. The van der Waals surface area contributed by atoms with Gasteiger partial charge in [0.15, 0.2) is 12.6 Å². The van der Waals surface area contributed by atoms with Crippen molar-refractivity contribution in [3.63, 3.8) is 0 Å². The molecule has 0 radical (unpaired) electrons. The number of thiazole rings is 1. The van der Waals surface area contributed by atoms with Gasteiger partial charge in [-0.25, -0.2) is 9.97 Å². The van der Waals surface area contributed by atoms with E-state index in [4.69, 9.17) is 0 Å². The topological polar surface area (TPSA) is 62.6 Å². The third kappa shape index (κ3) is 6.51. The lowest BCUT2D eigenvalue weighted by Gasteiger charge is -2.21. The van der Waals surface area contributed by atoms with E-state index in [1.54, 1.807) is 24.5 Å². The largest absolute Gasteiger partial charge is 0.468 e. The molecule has 0 spiro atoms. The predicted octanol–water partition coefficient (Wildman–Crippen LogP) is 3.00. The lowest BCUT2D eigenvalue weighted by molar-refractivity contribution is -0.154. The first-order valence-corrected chi connectivity index (χ1v) is 8.62. The fourth-order valence-electron chi connectivity index (χ4n) is 2.16. The summed E-state index contributed by atoms with van der Waals surface area (Å²) in [6.45, 7) is 1.55. The van der Waals surface area contributed by atoms with E-state index in [-0.39, 0.29) is 5.88 Å². The van der Waals surface area contributed by atoms with Crippen LogP contribution in [-0.4, -0.2) is 47.7 Å². The van der Waals surface area contributed by atoms with E-state index >= 15 is 0 Å². The van der Waals surface area contributed by atoms with E-state index in [1.807, 2.05) is 24.3 Å². The predicted molar refractivity (Wildman–Crippen MR) is 94.3 cm³/mol. The lowest BCUT2D eigenvalue weighted by Crippen LogP contribution is -2.38. The van der Waals surface area contributed by atoms with Crippen molar-refractivity contribution in [2.24, 2.45) is 4.99 Å². The smallest absolute Gasteiger partial charge is 0.422 e. The van der Waals surface area contributed by atoms with Gasteiger partial charge in [0.1, 0.15) is 0 Å². The number of aliphatic imine (C=N–C) groups is 1. The molecule has 26 heavy (non-hydrogen) atoms. The number of pyridine rings is 1. The van der Waals surface area contributed by atoms with Gasteiger partial charge in [-0.1, -0.05) is 0 Å². The number of halogens is 3. The Labute approximate surface area is 153 Å². The Morgan fingerprint density at radius 2 is 2.19 bits per heavy atom. The van der Waals surface area contributed by atoms with Crippen molar-refractivity contribution in [1.82, 2.24) is 20.2 Å². The number of nitrogens with one attached hydrogen (secondary N) is 1. The Hall–Kier alpha value is -2.36. The van der Waals surface area contributed by atoms with E-state index in [0.29, 0.717) is 19.0 Å². The minimum absolute atomic E-state index is 0.0667. The number of hydrogen-bond acceptors (Lipinski definition) is 5. The third-order valence-electron chi connectivity index (χ3n) is 3.27. The number of ether oxygens (including phenoxy) is 1. The molecule has 10 heteroatoms. The van der Waals surface area contributed by atoms with Crippen LogP contribution in [0, 0.1) is 6.92 Å². The standard InChI is InChI=1S/C16H20F3N5OS/c1-11-23-13(9-26-11)8-24(3)15(20-2)22-7-12-4-5-21-14(6-12)25-10-16(17,18)19/h4-6,9H,7-8,10H2,1-3H3,(H,20,22). The molecule has 2 aromatic heterocycles. The molecule has 2 aromatic rings. The van der Waals surface area contributed by atoms with Crippen LogP contribution in [0.15, 0.2) is 28.7 Å². The fourth-order valence-corrected chi connectivity index (χ4v) is 2.76. The molecule has 0 bridgehead atoms. The number of aryl methyl sites for hydroxylation is 1. The highest BCUT2D eigenvalue weighted by molar-refractivity contribution is 7.09. The van der Waals surface area contributed by atoms with Crippen LogP contribution in [0.5, 0.6) is 5.88 Å². The van der Waals surface area contributed by atoms with Crippen molar-refractivity contribution >= 4 is 17.3 Å². The quantitative estimate of drug-likeness (QED) is 0.610. The number of hydrogen-bond donors (Lipinski definition) is 1. The van der Waals surface area contributed by atoms with Crippen LogP contribution in [0.25, 0.3) is 0 Å². The van der Waals surface area contributed by atoms with E-state index in [0.717, 1.165) is 16.3 Å². The van der Waals surface area contributed by atoms with Crippen molar-refractivity contribution in [2.75, 3.05) is 20.7 Å². The summed E-state index contributed by atoms with van der Waals surface area (Å²) in [5, 5.41) is 6.15. The van der Waals surface area contributed by atoms with Gasteiger partial charge in [0.25, 0.3) is 0 Å². The van der Waals surface area contributed by atoms with Crippen LogP contribution in [0.2, 0.25) is 0 Å². The van der Waals surface area contributed by atoms with Crippen LogP contribution < -0.4 is 10.1 Å². The van der Waals surface area contributed by atoms with Gasteiger partial charge in [-0.05, 0) is 18.6 Å². The molecule has 0 amide bonds. The van der Waals surface area contributed by atoms with Crippen molar-refractivity contribution < 1.29 is 17.9 Å². The molecule has 2 rings (SSSR count). The first-order chi connectivity index (χ1) is 12.3.